The maximum Gasteiger partial charge on any atom is 0.194 e. The zero-order chi connectivity index (χ0) is 15.0. The minimum Gasteiger partial charge on any atom is -0.382 e. The Labute approximate surface area is 117 Å². The molecule has 0 amide bonds. The van der Waals surface area contributed by atoms with Crippen LogP contribution in [0.25, 0.3) is 11.0 Å². The average molecular weight is 290 g/mol. The first-order valence-corrected chi connectivity index (χ1v) is 6.11. The van der Waals surface area contributed by atoms with Crippen LogP contribution in [-0.4, -0.2) is 15.1 Å². The Bertz CT molecular complexity index is 823. The van der Waals surface area contributed by atoms with E-state index in [1.807, 2.05) is 0 Å². The predicted molar refractivity (Wildman–Crippen MR) is 69.9 cm³/mol. The van der Waals surface area contributed by atoms with Crippen molar-refractivity contribution in [3.63, 3.8) is 0 Å². The van der Waals surface area contributed by atoms with Gasteiger partial charge in [0.25, 0.3) is 0 Å². The Morgan fingerprint density at radius 3 is 2.38 bits per heavy atom. The third-order valence-electron chi connectivity index (χ3n) is 3.11. The molecule has 0 aliphatic heterocycles. The number of aliphatic hydroxyl groups excluding tert-OH is 1. The van der Waals surface area contributed by atoms with Gasteiger partial charge in [0.2, 0.25) is 0 Å². The number of para-hydroxylation sites is 2. The van der Waals surface area contributed by atoms with Crippen LogP contribution in [0, 0.1) is 17.5 Å². The Morgan fingerprint density at radius 1 is 0.905 bits per heavy atom. The van der Waals surface area contributed by atoms with Crippen LogP contribution in [0.2, 0.25) is 0 Å². The van der Waals surface area contributed by atoms with Gasteiger partial charge in [0.1, 0.15) is 6.10 Å². The largest absolute Gasteiger partial charge is 0.382 e. The molecule has 1 heterocycles. The molecule has 6 heteroatoms. The molecule has 106 valence electrons. The summed E-state index contributed by atoms with van der Waals surface area (Å²) in [6, 6.07) is 8.67. The van der Waals surface area contributed by atoms with Crippen LogP contribution in [0.3, 0.4) is 0 Å². The molecular weight excluding hydrogens is 281 g/mol. The summed E-state index contributed by atoms with van der Waals surface area (Å²) in [4.78, 5) is 8.23. The van der Waals surface area contributed by atoms with Crippen LogP contribution >= 0.6 is 0 Å². The fourth-order valence-electron chi connectivity index (χ4n) is 2.01. The lowest BCUT2D eigenvalue weighted by Crippen LogP contribution is -2.08. The van der Waals surface area contributed by atoms with Crippen molar-refractivity contribution in [2.45, 2.75) is 6.10 Å². The molecule has 0 saturated heterocycles. The number of aromatic nitrogens is 2. The molecule has 0 radical (unpaired) electrons. The first-order valence-electron chi connectivity index (χ1n) is 6.11. The van der Waals surface area contributed by atoms with E-state index in [9.17, 15) is 18.3 Å². The molecule has 1 N–H and O–H groups in total. The minimum atomic E-state index is -1.62. The quantitative estimate of drug-likeness (QED) is 0.738. The van der Waals surface area contributed by atoms with E-state index in [-0.39, 0.29) is 5.69 Å². The number of hydrogen-bond donors (Lipinski definition) is 1. The zero-order valence-electron chi connectivity index (χ0n) is 10.6. The Balaban J connectivity index is 2.08. The molecule has 1 atom stereocenters. The number of benzene rings is 2. The van der Waals surface area contributed by atoms with Crippen molar-refractivity contribution in [2.75, 3.05) is 0 Å². The van der Waals surface area contributed by atoms with Crippen molar-refractivity contribution >= 4 is 11.0 Å². The highest BCUT2D eigenvalue weighted by atomic mass is 19.2. The van der Waals surface area contributed by atoms with E-state index in [0.717, 1.165) is 12.1 Å². The van der Waals surface area contributed by atoms with Gasteiger partial charge in [0.05, 0.1) is 22.9 Å². The third kappa shape index (κ3) is 2.34. The maximum absolute atomic E-state index is 13.7. The van der Waals surface area contributed by atoms with Crippen molar-refractivity contribution in [3.8, 4) is 0 Å². The second-order valence-corrected chi connectivity index (χ2v) is 4.45. The van der Waals surface area contributed by atoms with Crippen molar-refractivity contribution < 1.29 is 18.3 Å². The highest BCUT2D eigenvalue weighted by Crippen LogP contribution is 2.26. The van der Waals surface area contributed by atoms with Crippen molar-refractivity contribution in [1.82, 2.24) is 9.97 Å². The van der Waals surface area contributed by atoms with Crippen LogP contribution in [0.4, 0.5) is 13.2 Å². The van der Waals surface area contributed by atoms with E-state index in [1.54, 1.807) is 24.3 Å². The second kappa shape index (κ2) is 5.14. The van der Waals surface area contributed by atoms with Crippen LogP contribution < -0.4 is 0 Å². The van der Waals surface area contributed by atoms with Crippen molar-refractivity contribution in [2.24, 2.45) is 0 Å². The summed E-state index contributed by atoms with van der Waals surface area (Å²) in [6.45, 7) is 0. The first-order chi connectivity index (χ1) is 10.1. The smallest absolute Gasteiger partial charge is 0.194 e. The summed E-state index contributed by atoms with van der Waals surface area (Å²) in [5.74, 6) is -4.37. The van der Waals surface area contributed by atoms with Crippen LogP contribution in [-0.2, 0) is 0 Å². The molecule has 1 unspecified atom stereocenters. The number of fused-ring (bicyclic) bond motifs is 1. The van der Waals surface area contributed by atoms with Gasteiger partial charge >= 0.3 is 0 Å². The summed E-state index contributed by atoms with van der Waals surface area (Å²) < 4.78 is 39.8. The molecule has 0 bridgehead atoms. The summed E-state index contributed by atoms with van der Waals surface area (Å²) in [7, 11) is 0. The summed E-state index contributed by atoms with van der Waals surface area (Å²) >= 11 is 0. The SMILES string of the molecule is OC(c1cnc2ccccc2n1)c1ccc(F)c(F)c1F. The fourth-order valence-corrected chi connectivity index (χ4v) is 2.01. The summed E-state index contributed by atoms with van der Waals surface area (Å²) in [5.41, 5.74) is 0.785. The number of hydrogen-bond acceptors (Lipinski definition) is 3. The topological polar surface area (TPSA) is 46.0 Å². The molecule has 2 aromatic carbocycles. The number of nitrogens with zero attached hydrogens (tertiary/aromatic N) is 2. The van der Waals surface area contributed by atoms with Gasteiger partial charge in [0, 0.05) is 5.56 Å². The zero-order valence-corrected chi connectivity index (χ0v) is 10.6. The van der Waals surface area contributed by atoms with Crippen LogP contribution in [0.5, 0.6) is 0 Å². The molecule has 3 aromatic rings. The van der Waals surface area contributed by atoms with Gasteiger partial charge in [-0.05, 0) is 24.3 Å². The average Bonchev–Trinajstić information content (AvgIpc) is 2.52. The van der Waals surface area contributed by atoms with E-state index in [0.29, 0.717) is 11.0 Å². The molecular formula is C15H9F3N2O. The van der Waals surface area contributed by atoms with Gasteiger partial charge in [-0.25, -0.2) is 18.2 Å². The van der Waals surface area contributed by atoms with Crippen LogP contribution in [0.1, 0.15) is 17.4 Å². The molecule has 3 rings (SSSR count). The lowest BCUT2D eigenvalue weighted by atomic mass is 10.1. The minimum absolute atomic E-state index is 0.0543. The Hall–Kier alpha value is -2.47. The molecule has 0 aliphatic carbocycles. The molecule has 3 nitrogen and oxygen atoms in total. The number of rotatable bonds is 2. The predicted octanol–water partition coefficient (Wildman–Crippen LogP) is 3.13. The molecule has 0 aliphatic rings. The van der Waals surface area contributed by atoms with Gasteiger partial charge in [-0.1, -0.05) is 12.1 Å². The van der Waals surface area contributed by atoms with E-state index < -0.39 is 29.1 Å². The molecule has 21 heavy (non-hydrogen) atoms. The molecule has 1 aromatic heterocycles. The first kappa shape index (κ1) is 13.5. The van der Waals surface area contributed by atoms with Gasteiger partial charge < -0.3 is 5.11 Å². The van der Waals surface area contributed by atoms with E-state index in [1.165, 1.54) is 6.20 Å². The maximum atomic E-state index is 13.7. The van der Waals surface area contributed by atoms with E-state index in [4.69, 9.17) is 0 Å². The van der Waals surface area contributed by atoms with Gasteiger partial charge in [0.15, 0.2) is 17.5 Å². The van der Waals surface area contributed by atoms with Crippen molar-refractivity contribution in [3.05, 3.63) is 71.3 Å². The van der Waals surface area contributed by atoms with Crippen molar-refractivity contribution in [1.29, 1.82) is 0 Å². The summed E-state index contributed by atoms with van der Waals surface area (Å²) in [6.07, 6.45) is -0.259. The Morgan fingerprint density at radius 2 is 1.62 bits per heavy atom. The van der Waals surface area contributed by atoms with Gasteiger partial charge in [-0.2, -0.15) is 0 Å². The van der Waals surface area contributed by atoms with Crippen LogP contribution in [0.15, 0.2) is 42.6 Å². The second-order valence-electron chi connectivity index (χ2n) is 4.45. The molecule has 0 saturated carbocycles. The monoisotopic (exact) mass is 290 g/mol. The highest BCUT2D eigenvalue weighted by Gasteiger charge is 2.21. The molecule has 0 fully saturated rings. The normalized spacial score (nSPS) is 12.6. The highest BCUT2D eigenvalue weighted by molar-refractivity contribution is 5.73. The molecule has 0 spiro atoms. The lowest BCUT2D eigenvalue weighted by Gasteiger charge is -2.12. The van der Waals surface area contributed by atoms with Gasteiger partial charge in [-0.3, -0.25) is 4.98 Å². The number of halogens is 3. The third-order valence-corrected chi connectivity index (χ3v) is 3.11. The lowest BCUT2D eigenvalue weighted by molar-refractivity contribution is 0.208. The summed E-state index contributed by atoms with van der Waals surface area (Å²) in [5, 5.41) is 10.1. The fraction of sp³-hybridized carbons (Fsp3) is 0.0667. The Kier molecular flexibility index (Phi) is 3.31. The van der Waals surface area contributed by atoms with E-state index >= 15 is 0 Å². The standard InChI is InChI=1S/C15H9F3N2O/c16-9-6-5-8(13(17)14(9)18)15(21)12-7-19-10-3-1-2-4-11(10)20-12/h1-7,15,21H. The van der Waals surface area contributed by atoms with E-state index in [2.05, 4.69) is 9.97 Å². The number of aliphatic hydroxyl groups is 1. The van der Waals surface area contributed by atoms with Gasteiger partial charge in [-0.15, -0.1) is 0 Å².